The molecule has 100 valence electrons. The van der Waals surface area contributed by atoms with Gasteiger partial charge in [0.15, 0.2) is 0 Å². The fourth-order valence-electron chi connectivity index (χ4n) is 1.70. The summed E-state index contributed by atoms with van der Waals surface area (Å²) in [5.74, 6) is 2.55. The highest BCUT2D eigenvalue weighted by Crippen LogP contribution is 2.33. The molecule has 2 N–H and O–H groups in total. The number of rotatable bonds is 5. The molecule has 0 saturated heterocycles. The third-order valence-corrected chi connectivity index (χ3v) is 3.62. The minimum Gasteiger partial charge on any atom is -0.492 e. The van der Waals surface area contributed by atoms with Crippen LogP contribution in [0.15, 0.2) is 27.2 Å². The zero-order valence-electron chi connectivity index (χ0n) is 10.3. The first kappa shape index (κ1) is 12.6. The van der Waals surface area contributed by atoms with Gasteiger partial charge < -0.3 is 15.0 Å². The van der Waals surface area contributed by atoms with Crippen LogP contribution in [-0.2, 0) is 6.54 Å². The Balaban J connectivity index is 1.77. The minimum absolute atomic E-state index is 0.247. The predicted molar refractivity (Wildman–Crippen MR) is 73.5 cm³/mol. The lowest BCUT2D eigenvalue weighted by Gasteiger charge is -2.07. The Bertz CT molecular complexity index is 581. The van der Waals surface area contributed by atoms with Gasteiger partial charge in [0.25, 0.3) is 0 Å². The normalized spacial score (nSPS) is 14.6. The van der Waals surface area contributed by atoms with Crippen LogP contribution in [0.4, 0.5) is 0 Å². The van der Waals surface area contributed by atoms with Crippen LogP contribution in [-0.4, -0.2) is 16.7 Å². The third-order valence-electron chi connectivity index (χ3n) is 3.00. The van der Waals surface area contributed by atoms with Gasteiger partial charge in [0, 0.05) is 5.56 Å². The standard InChI is InChI=1S/C13H14BrN3O2/c14-10-5-9(13-16-12(6-15)19-17-13)3-4-11(10)18-7-8-1-2-8/h3-5,8H,1-2,6-7,15H2. The van der Waals surface area contributed by atoms with Crippen molar-refractivity contribution >= 4 is 15.9 Å². The van der Waals surface area contributed by atoms with E-state index in [9.17, 15) is 0 Å². The third kappa shape index (κ3) is 2.96. The zero-order chi connectivity index (χ0) is 13.2. The van der Waals surface area contributed by atoms with Crippen LogP contribution in [0.3, 0.4) is 0 Å². The summed E-state index contributed by atoms with van der Waals surface area (Å²) in [6, 6.07) is 5.76. The maximum absolute atomic E-state index is 5.75. The Kier molecular flexibility index (Phi) is 3.52. The first-order valence-electron chi connectivity index (χ1n) is 6.21. The minimum atomic E-state index is 0.247. The zero-order valence-corrected chi connectivity index (χ0v) is 11.9. The number of hydrogen-bond acceptors (Lipinski definition) is 5. The van der Waals surface area contributed by atoms with Gasteiger partial charge in [-0.3, -0.25) is 0 Å². The molecule has 0 radical (unpaired) electrons. The van der Waals surface area contributed by atoms with Crippen LogP contribution in [0.2, 0.25) is 0 Å². The fraction of sp³-hybridized carbons (Fsp3) is 0.385. The molecule has 6 heteroatoms. The second-order valence-electron chi connectivity index (χ2n) is 4.62. The van der Waals surface area contributed by atoms with Gasteiger partial charge in [-0.2, -0.15) is 4.98 Å². The van der Waals surface area contributed by atoms with Gasteiger partial charge >= 0.3 is 0 Å². The number of benzene rings is 1. The molecule has 1 aliphatic rings. The van der Waals surface area contributed by atoms with Gasteiger partial charge in [-0.1, -0.05) is 5.16 Å². The Morgan fingerprint density at radius 3 is 2.89 bits per heavy atom. The van der Waals surface area contributed by atoms with Crippen LogP contribution in [0.25, 0.3) is 11.4 Å². The van der Waals surface area contributed by atoms with E-state index in [-0.39, 0.29) is 6.54 Å². The highest BCUT2D eigenvalue weighted by atomic mass is 79.9. The van der Waals surface area contributed by atoms with E-state index in [1.807, 2.05) is 18.2 Å². The molecule has 1 aromatic heterocycles. The summed E-state index contributed by atoms with van der Waals surface area (Å²) in [6.07, 6.45) is 2.56. The average molecular weight is 324 g/mol. The summed E-state index contributed by atoms with van der Waals surface area (Å²) in [6.45, 7) is 1.04. The molecule has 1 heterocycles. The highest BCUT2D eigenvalue weighted by Gasteiger charge is 2.22. The van der Waals surface area contributed by atoms with Crippen molar-refractivity contribution < 1.29 is 9.26 Å². The number of nitrogens with two attached hydrogens (primary N) is 1. The molecule has 0 atom stereocenters. The lowest BCUT2D eigenvalue weighted by Crippen LogP contribution is -1.99. The van der Waals surface area contributed by atoms with Gasteiger partial charge in [0.1, 0.15) is 5.75 Å². The molecule has 19 heavy (non-hydrogen) atoms. The molecule has 1 aromatic carbocycles. The first-order valence-corrected chi connectivity index (χ1v) is 7.01. The Labute approximate surface area is 119 Å². The largest absolute Gasteiger partial charge is 0.492 e. The van der Waals surface area contributed by atoms with Gasteiger partial charge in [0.2, 0.25) is 11.7 Å². The average Bonchev–Trinajstić information content (AvgIpc) is 3.12. The molecular weight excluding hydrogens is 310 g/mol. The van der Waals surface area contributed by atoms with E-state index in [0.29, 0.717) is 11.7 Å². The topological polar surface area (TPSA) is 74.2 Å². The summed E-state index contributed by atoms with van der Waals surface area (Å²) < 4.78 is 11.6. The van der Waals surface area contributed by atoms with Crippen molar-refractivity contribution in [3.8, 4) is 17.1 Å². The lowest BCUT2D eigenvalue weighted by molar-refractivity contribution is 0.298. The molecule has 0 aliphatic heterocycles. The Hall–Kier alpha value is -1.40. The van der Waals surface area contributed by atoms with E-state index in [2.05, 4.69) is 26.1 Å². The summed E-state index contributed by atoms with van der Waals surface area (Å²) in [7, 11) is 0. The van der Waals surface area contributed by atoms with Gasteiger partial charge in [-0.15, -0.1) is 0 Å². The quantitative estimate of drug-likeness (QED) is 0.915. The van der Waals surface area contributed by atoms with E-state index >= 15 is 0 Å². The summed E-state index contributed by atoms with van der Waals surface area (Å²) >= 11 is 3.50. The summed E-state index contributed by atoms with van der Waals surface area (Å²) in [5.41, 5.74) is 6.31. The number of aromatic nitrogens is 2. The van der Waals surface area contributed by atoms with E-state index in [0.717, 1.165) is 28.3 Å². The number of nitrogens with zero attached hydrogens (tertiary/aromatic N) is 2. The molecule has 0 unspecified atom stereocenters. The van der Waals surface area contributed by atoms with Gasteiger partial charge in [0.05, 0.1) is 17.6 Å². The molecular formula is C13H14BrN3O2. The Morgan fingerprint density at radius 1 is 1.42 bits per heavy atom. The number of hydrogen-bond donors (Lipinski definition) is 1. The van der Waals surface area contributed by atoms with E-state index < -0.39 is 0 Å². The summed E-state index contributed by atoms with van der Waals surface area (Å²) in [4.78, 5) is 4.19. The van der Waals surface area contributed by atoms with Crippen molar-refractivity contribution in [2.24, 2.45) is 11.7 Å². The second kappa shape index (κ2) is 5.30. The molecule has 0 bridgehead atoms. The molecule has 1 aliphatic carbocycles. The van der Waals surface area contributed by atoms with E-state index in [4.69, 9.17) is 15.0 Å². The van der Waals surface area contributed by atoms with Crippen molar-refractivity contribution in [2.75, 3.05) is 6.61 Å². The van der Waals surface area contributed by atoms with Crippen molar-refractivity contribution in [3.63, 3.8) is 0 Å². The van der Waals surface area contributed by atoms with Crippen LogP contribution >= 0.6 is 15.9 Å². The number of halogens is 1. The highest BCUT2D eigenvalue weighted by molar-refractivity contribution is 9.10. The van der Waals surface area contributed by atoms with Crippen LogP contribution in [0.1, 0.15) is 18.7 Å². The fourth-order valence-corrected chi connectivity index (χ4v) is 2.20. The molecule has 1 fully saturated rings. The maximum atomic E-state index is 5.75. The molecule has 3 rings (SSSR count). The monoisotopic (exact) mass is 323 g/mol. The van der Waals surface area contributed by atoms with Gasteiger partial charge in [-0.25, -0.2) is 0 Å². The molecule has 1 saturated carbocycles. The van der Waals surface area contributed by atoms with E-state index in [1.54, 1.807) is 0 Å². The second-order valence-corrected chi connectivity index (χ2v) is 5.47. The molecule has 2 aromatic rings. The molecule has 0 amide bonds. The first-order chi connectivity index (χ1) is 9.26. The van der Waals surface area contributed by atoms with Crippen LogP contribution < -0.4 is 10.5 Å². The smallest absolute Gasteiger partial charge is 0.240 e. The predicted octanol–water partition coefficient (Wildman–Crippen LogP) is 2.75. The van der Waals surface area contributed by atoms with Gasteiger partial charge in [-0.05, 0) is 52.9 Å². The van der Waals surface area contributed by atoms with Crippen molar-refractivity contribution in [1.29, 1.82) is 0 Å². The van der Waals surface area contributed by atoms with E-state index in [1.165, 1.54) is 12.8 Å². The molecule has 0 spiro atoms. The lowest BCUT2D eigenvalue weighted by atomic mass is 10.2. The number of ether oxygens (including phenoxy) is 1. The van der Waals surface area contributed by atoms with Crippen molar-refractivity contribution in [1.82, 2.24) is 10.1 Å². The van der Waals surface area contributed by atoms with Crippen molar-refractivity contribution in [2.45, 2.75) is 19.4 Å². The van der Waals surface area contributed by atoms with Crippen LogP contribution in [0.5, 0.6) is 5.75 Å². The molecule has 5 nitrogen and oxygen atoms in total. The van der Waals surface area contributed by atoms with Crippen molar-refractivity contribution in [3.05, 3.63) is 28.6 Å². The Morgan fingerprint density at radius 2 is 2.26 bits per heavy atom. The van der Waals surface area contributed by atoms with Crippen LogP contribution in [0, 0.1) is 5.92 Å². The maximum Gasteiger partial charge on any atom is 0.240 e. The summed E-state index contributed by atoms with van der Waals surface area (Å²) in [5, 5.41) is 3.88. The SMILES string of the molecule is NCc1nc(-c2ccc(OCC3CC3)c(Br)c2)no1.